The summed E-state index contributed by atoms with van der Waals surface area (Å²) < 4.78 is 1.29. The number of fused-ring (bicyclic) bond motifs is 1. The van der Waals surface area contributed by atoms with Crippen LogP contribution in [0, 0.1) is 6.92 Å². The molecule has 0 aliphatic rings. The number of rotatable bonds is 3. The summed E-state index contributed by atoms with van der Waals surface area (Å²) in [6.07, 6.45) is 0. The zero-order valence-electron chi connectivity index (χ0n) is 12.2. The number of hydrogen-bond donors (Lipinski definition) is 3. The highest BCUT2D eigenvalue weighted by Crippen LogP contribution is 2.24. The first-order chi connectivity index (χ1) is 10.6. The molecule has 0 aliphatic carbocycles. The van der Waals surface area contributed by atoms with Gasteiger partial charge in [0.2, 0.25) is 0 Å². The quantitative estimate of drug-likeness (QED) is 0.685. The van der Waals surface area contributed by atoms with E-state index in [1.807, 2.05) is 6.07 Å². The minimum atomic E-state index is -0.269. The molecule has 0 aliphatic heterocycles. The van der Waals surface area contributed by atoms with E-state index in [0.29, 0.717) is 28.4 Å². The lowest BCUT2D eigenvalue weighted by Gasteiger charge is -2.05. The van der Waals surface area contributed by atoms with Crippen LogP contribution in [0.15, 0.2) is 41.2 Å². The van der Waals surface area contributed by atoms with Gasteiger partial charge >= 0.3 is 0 Å². The van der Waals surface area contributed by atoms with Gasteiger partial charge in [-0.2, -0.15) is 4.52 Å². The van der Waals surface area contributed by atoms with Gasteiger partial charge in [-0.1, -0.05) is 18.2 Å². The van der Waals surface area contributed by atoms with Crippen molar-refractivity contribution >= 4 is 23.1 Å². The van der Waals surface area contributed by atoms with Crippen LogP contribution in [-0.2, 0) is 0 Å². The monoisotopic (exact) mass is 297 g/mol. The van der Waals surface area contributed by atoms with E-state index in [-0.39, 0.29) is 11.5 Å². The molecule has 1 aromatic carbocycles. The number of carbonyl (C=O) groups excluding carboxylic acids is 1. The first-order valence-corrected chi connectivity index (χ1v) is 6.76. The maximum Gasteiger partial charge on any atom is 0.273 e. The molecule has 0 atom stereocenters. The summed E-state index contributed by atoms with van der Waals surface area (Å²) >= 11 is 0. The molecular weight excluding hydrogens is 282 g/mol. The molecule has 3 aromatic rings. The molecule has 2 aromatic heterocycles. The number of aryl methyl sites for hydroxylation is 1. The average Bonchev–Trinajstić information content (AvgIpc) is 2.86. The fraction of sp³-hybridized carbons (Fsp3) is 0.133. The van der Waals surface area contributed by atoms with Crippen LogP contribution in [0.1, 0.15) is 16.1 Å². The van der Waals surface area contributed by atoms with Gasteiger partial charge in [0.15, 0.2) is 5.65 Å². The molecule has 0 spiro atoms. The van der Waals surface area contributed by atoms with Crippen molar-refractivity contribution < 1.29 is 4.79 Å². The summed E-state index contributed by atoms with van der Waals surface area (Å²) in [5.41, 5.74) is 1.69. The third-order valence-electron chi connectivity index (χ3n) is 3.27. The lowest BCUT2D eigenvalue weighted by atomic mass is 10.2. The number of H-pyrrole nitrogens is 1. The molecule has 0 radical (unpaired) electrons. The summed E-state index contributed by atoms with van der Waals surface area (Å²) in [5, 5.41) is 8.60. The van der Waals surface area contributed by atoms with Crippen LogP contribution < -0.4 is 16.2 Å². The van der Waals surface area contributed by atoms with E-state index in [0.717, 1.165) is 0 Å². The summed E-state index contributed by atoms with van der Waals surface area (Å²) in [6.45, 7) is 1.73. The highest BCUT2D eigenvalue weighted by Gasteiger charge is 2.17. The summed E-state index contributed by atoms with van der Waals surface area (Å²) in [7, 11) is 1.70. The van der Waals surface area contributed by atoms with Gasteiger partial charge in [0.25, 0.3) is 11.5 Å². The van der Waals surface area contributed by atoms with Crippen molar-refractivity contribution in [1.29, 1.82) is 0 Å². The van der Waals surface area contributed by atoms with Gasteiger partial charge in [-0.05, 0) is 19.1 Å². The Kier molecular flexibility index (Phi) is 3.38. The average molecular weight is 297 g/mol. The molecule has 0 unspecified atom stereocenters. The van der Waals surface area contributed by atoms with Gasteiger partial charge in [-0.3, -0.25) is 14.7 Å². The zero-order chi connectivity index (χ0) is 15.7. The fourth-order valence-electron chi connectivity index (χ4n) is 2.23. The highest BCUT2D eigenvalue weighted by molar-refractivity contribution is 6.07. The molecule has 112 valence electrons. The molecule has 7 nitrogen and oxygen atoms in total. The summed E-state index contributed by atoms with van der Waals surface area (Å²) in [6, 6.07) is 10.3. The maximum atomic E-state index is 12.3. The van der Waals surface area contributed by atoms with Crippen LogP contribution in [0.3, 0.4) is 0 Å². The van der Waals surface area contributed by atoms with Crippen LogP contribution in [0.25, 0.3) is 5.65 Å². The summed E-state index contributed by atoms with van der Waals surface area (Å²) in [5.74, 6) is 0.244. The van der Waals surface area contributed by atoms with Crippen molar-refractivity contribution in [3.63, 3.8) is 0 Å². The number of carbonyl (C=O) groups is 1. The van der Waals surface area contributed by atoms with Crippen molar-refractivity contribution in [2.24, 2.45) is 0 Å². The standard InChI is InChI=1S/C15H15N5O2/c1-9-8-11(21)20-14(17-9)12(13(16-2)19-20)18-15(22)10-6-4-3-5-7-10/h3-8,16,19H,1-2H3,(H,18,22). The SMILES string of the molecule is CNc1[nH]n2c(=O)cc(C)nc2c1NC(=O)c1ccccc1. The number of benzene rings is 1. The molecule has 7 heteroatoms. The minimum absolute atomic E-state index is 0.237. The molecule has 0 bridgehead atoms. The van der Waals surface area contributed by atoms with Crippen LogP contribution >= 0.6 is 0 Å². The van der Waals surface area contributed by atoms with E-state index >= 15 is 0 Å². The number of aromatic nitrogens is 3. The second-order valence-electron chi connectivity index (χ2n) is 4.83. The van der Waals surface area contributed by atoms with E-state index in [1.165, 1.54) is 10.6 Å². The van der Waals surface area contributed by atoms with E-state index in [4.69, 9.17) is 0 Å². The first kappa shape index (κ1) is 13.9. The van der Waals surface area contributed by atoms with Crippen molar-refractivity contribution in [2.75, 3.05) is 17.7 Å². The van der Waals surface area contributed by atoms with Crippen molar-refractivity contribution in [2.45, 2.75) is 6.92 Å². The molecule has 3 N–H and O–H groups in total. The molecule has 1 amide bonds. The van der Waals surface area contributed by atoms with Crippen LogP contribution in [0.2, 0.25) is 0 Å². The van der Waals surface area contributed by atoms with E-state index < -0.39 is 0 Å². The Balaban J connectivity index is 2.10. The lowest BCUT2D eigenvalue weighted by Crippen LogP contribution is -2.16. The number of hydrogen-bond acceptors (Lipinski definition) is 4. The van der Waals surface area contributed by atoms with Gasteiger partial charge in [0.1, 0.15) is 11.5 Å². The number of amides is 1. The van der Waals surface area contributed by atoms with Crippen LogP contribution in [-0.4, -0.2) is 27.6 Å². The predicted molar refractivity (Wildman–Crippen MR) is 84.5 cm³/mol. The van der Waals surface area contributed by atoms with Crippen LogP contribution in [0.4, 0.5) is 11.5 Å². The highest BCUT2D eigenvalue weighted by atomic mass is 16.2. The molecule has 22 heavy (non-hydrogen) atoms. The first-order valence-electron chi connectivity index (χ1n) is 6.76. The van der Waals surface area contributed by atoms with Crippen molar-refractivity contribution in [3.8, 4) is 0 Å². The lowest BCUT2D eigenvalue weighted by molar-refractivity contribution is 0.102. The topological polar surface area (TPSA) is 91.3 Å². The van der Waals surface area contributed by atoms with E-state index in [9.17, 15) is 9.59 Å². The second-order valence-corrected chi connectivity index (χ2v) is 4.83. The van der Waals surface area contributed by atoms with Gasteiger partial charge in [-0.25, -0.2) is 4.98 Å². The fourth-order valence-corrected chi connectivity index (χ4v) is 2.23. The number of aromatic amines is 1. The molecule has 2 heterocycles. The number of nitrogens with one attached hydrogen (secondary N) is 3. The minimum Gasteiger partial charge on any atom is -0.372 e. The Bertz CT molecular complexity index is 895. The molecule has 0 saturated carbocycles. The molecular formula is C15H15N5O2. The third-order valence-corrected chi connectivity index (χ3v) is 3.27. The summed E-state index contributed by atoms with van der Waals surface area (Å²) in [4.78, 5) is 28.6. The molecule has 3 rings (SSSR count). The number of nitrogens with zero attached hydrogens (tertiary/aromatic N) is 2. The third kappa shape index (κ3) is 2.32. The van der Waals surface area contributed by atoms with E-state index in [1.54, 1.807) is 38.2 Å². The van der Waals surface area contributed by atoms with Gasteiger partial charge in [0, 0.05) is 24.4 Å². The zero-order valence-corrected chi connectivity index (χ0v) is 12.2. The smallest absolute Gasteiger partial charge is 0.273 e. The van der Waals surface area contributed by atoms with Crippen molar-refractivity contribution in [3.05, 3.63) is 58.0 Å². The number of anilines is 2. The van der Waals surface area contributed by atoms with Crippen LogP contribution in [0.5, 0.6) is 0 Å². The van der Waals surface area contributed by atoms with Gasteiger partial charge < -0.3 is 10.6 Å². The van der Waals surface area contributed by atoms with Gasteiger partial charge in [0.05, 0.1) is 0 Å². The van der Waals surface area contributed by atoms with Gasteiger partial charge in [-0.15, -0.1) is 0 Å². The van der Waals surface area contributed by atoms with E-state index in [2.05, 4.69) is 20.7 Å². The predicted octanol–water partition coefficient (Wildman–Crippen LogP) is 1.63. The normalized spacial score (nSPS) is 10.6. The molecule has 0 saturated heterocycles. The molecule has 0 fully saturated rings. The second kappa shape index (κ2) is 5.36. The Labute approximate surface area is 126 Å². The Morgan fingerprint density at radius 1 is 1.27 bits per heavy atom. The maximum absolute atomic E-state index is 12.3. The Morgan fingerprint density at radius 2 is 2.00 bits per heavy atom. The Morgan fingerprint density at radius 3 is 2.68 bits per heavy atom. The Hall–Kier alpha value is -3.09. The largest absolute Gasteiger partial charge is 0.372 e. The van der Waals surface area contributed by atoms with Crippen molar-refractivity contribution in [1.82, 2.24) is 14.6 Å².